The minimum atomic E-state index is 0.0553. The summed E-state index contributed by atoms with van der Waals surface area (Å²) in [6, 6.07) is 9.17. The van der Waals surface area contributed by atoms with E-state index < -0.39 is 0 Å². The first-order valence-electron chi connectivity index (χ1n) is 7.39. The van der Waals surface area contributed by atoms with Crippen LogP contribution in [0.1, 0.15) is 25.5 Å². The molecule has 3 heteroatoms. The van der Waals surface area contributed by atoms with E-state index in [1.807, 2.05) is 11.7 Å². The molecular weight excluding hydrogens is 246 g/mol. The van der Waals surface area contributed by atoms with Gasteiger partial charge in [-0.15, -0.1) is 6.58 Å². The van der Waals surface area contributed by atoms with Crippen molar-refractivity contribution < 1.29 is 0 Å². The first-order chi connectivity index (χ1) is 9.61. The van der Waals surface area contributed by atoms with Crippen LogP contribution in [0.3, 0.4) is 0 Å². The topological polar surface area (TPSA) is 29.9 Å². The van der Waals surface area contributed by atoms with Gasteiger partial charge in [-0.25, -0.2) is 0 Å². The lowest BCUT2D eigenvalue weighted by molar-refractivity contribution is 0.385. The van der Waals surface area contributed by atoms with E-state index in [4.69, 9.17) is 5.10 Å². The van der Waals surface area contributed by atoms with Crippen molar-refractivity contribution in [2.45, 2.75) is 32.2 Å². The van der Waals surface area contributed by atoms with Gasteiger partial charge in [-0.1, -0.05) is 31.2 Å². The van der Waals surface area contributed by atoms with Gasteiger partial charge in [-0.2, -0.15) is 5.10 Å². The number of hydrogen-bond donors (Lipinski definition) is 1. The van der Waals surface area contributed by atoms with E-state index in [0.29, 0.717) is 0 Å². The number of nitrogens with zero attached hydrogens (tertiary/aromatic N) is 2. The van der Waals surface area contributed by atoms with Gasteiger partial charge in [0.05, 0.1) is 11.2 Å². The van der Waals surface area contributed by atoms with Crippen LogP contribution in [0.25, 0.3) is 10.9 Å². The van der Waals surface area contributed by atoms with Gasteiger partial charge in [0.1, 0.15) is 0 Å². The fraction of sp³-hybridized carbons (Fsp3) is 0.471. The van der Waals surface area contributed by atoms with Crippen molar-refractivity contribution in [2.24, 2.45) is 12.5 Å². The summed E-state index contributed by atoms with van der Waals surface area (Å²) in [5, 5.41) is 9.58. The summed E-state index contributed by atoms with van der Waals surface area (Å²) in [7, 11) is 2.01. The van der Waals surface area contributed by atoms with E-state index >= 15 is 0 Å². The monoisotopic (exact) mass is 269 g/mol. The standard InChI is InChI=1S/C17H23N3/c1-4-17(2,12-18-13-9-10-13)11-15-14-7-5-6-8-16(14)20(3)19-15/h4-8,13,18H,1,9-12H2,2-3H3. The third kappa shape index (κ3) is 2.63. The third-order valence-corrected chi connectivity index (χ3v) is 4.27. The molecular formula is C17H23N3. The van der Waals surface area contributed by atoms with Crippen molar-refractivity contribution in [3.8, 4) is 0 Å². The molecule has 1 fully saturated rings. The van der Waals surface area contributed by atoms with Crippen LogP contribution in [0.5, 0.6) is 0 Å². The zero-order valence-corrected chi connectivity index (χ0v) is 12.4. The normalized spacial score (nSPS) is 18.1. The number of aromatic nitrogens is 2. The van der Waals surface area contributed by atoms with Crippen LogP contribution in [-0.4, -0.2) is 22.4 Å². The molecule has 0 spiro atoms. The Balaban J connectivity index is 1.84. The van der Waals surface area contributed by atoms with Crippen LogP contribution in [0.4, 0.5) is 0 Å². The number of nitrogens with one attached hydrogen (secondary N) is 1. The Hall–Kier alpha value is -1.61. The molecule has 0 saturated heterocycles. The van der Waals surface area contributed by atoms with E-state index in [9.17, 15) is 0 Å². The molecule has 1 aromatic heterocycles. The van der Waals surface area contributed by atoms with Crippen molar-refractivity contribution in [1.82, 2.24) is 15.1 Å². The average molecular weight is 269 g/mol. The maximum Gasteiger partial charge on any atom is 0.0712 e. The molecule has 0 aliphatic heterocycles. The summed E-state index contributed by atoms with van der Waals surface area (Å²) in [6.45, 7) is 7.28. The van der Waals surface area contributed by atoms with Gasteiger partial charge in [0.15, 0.2) is 0 Å². The molecule has 1 aliphatic rings. The Labute approximate surface area is 120 Å². The Morgan fingerprint density at radius 3 is 2.90 bits per heavy atom. The number of aryl methyl sites for hydroxylation is 1. The maximum absolute atomic E-state index is 4.71. The first kappa shape index (κ1) is 13.4. The van der Waals surface area contributed by atoms with Gasteiger partial charge in [-0.3, -0.25) is 4.68 Å². The lowest BCUT2D eigenvalue weighted by atomic mass is 9.84. The van der Waals surface area contributed by atoms with Gasteiger partial charge in [-0.05, 0) is 18.9 Å². The van der Waals surface area contributed by atoms with Crippen LogP contribution >= 0.6 is 0 Å². The summed E-state index contributed by atoms with van der Waals surface area (Å²) in [5.41, 5.74) is 2.42. The first-order valence-corrected chi connectivity index (χ1v) is 7.39. The highest BCUT2D eigenvalue weighted by atomic mass is 15.3. The second kappa shape index (κ2) is 5.06. The predicted octanol–water partition coefficient (Wildman–Crippen LogP) is 3.06. The van der Waals surface area contributed by atoms with Crippen molar-refractivity contribution in [3.63, 3.8) is 0 Å². The molecule has 1 unspecified atom stereocenters. The Morgan fingerprint density at radius 2 is 2.20 bits per heavy atom. The minimum Gasteiger partial charge on any atom is -0.313 e. The number of benzene rings is 1. The molecule has 1 atom stereocenters. The maximum atomic E-state index is 4.71. The molecule has 1 N–H and O–H groups in total. The minimum absolute atomic E-state index is 0.0553. The van der Waals surface area contributed by atoms with E-state index in [0.717, 1.165) is 19.0 Å². The second-order valence-electron chi connectivity index (χ2n) is 6.28. The number of hydrogen-bond acceptors (Lipinski definition) is 2. The molecule has 1 aliphatic carbocycles. The smallest absolute Gasteiger partial charge is 0.0712 e. The average Bonchev–Trinajstić information content (AvgIpc) is 3.24. The van der Waals surface area contributed by atoms with Crippen molar-refractivity contribution in [2.75, 3.05) is 6.54 Å². The van der Waals surface area contributed by atoms with E-state index in [2.05, 4.69) is 49.2 Å². The third-order valence-electron chi connectivity index (χ3n) is 4.27. The van der Waals surface area contributed by atoms with Crippen LogP contribution in [-0.2, 0) is 13.5 Å². The number of rotatable bonds is 6. The summed E-state index contributed by atoms with van der Waals surface area (Å²) in [6.07, 6.45) is 5.64. The molecule has 1 saturated carbocycles. The second-order valence-corrected chi connectivity index (χ2v) is 6.28. The van der Waals surface area contributed by atoms with Crippen molar-refractivity contribution >= 4 is 10.9 Å². The van der Waals surface area contributed by atoms with E-state index in [1.54, 1.807) is 0 Å². The van der Waals surface area contributed by atoms with E-state index in [1.165, 1.54) is 29.4 Å². The molecule has 3 nitrogen and oxygen atoms in total. The largest absolute Gasteiger partial charge is 0.313 e. The lowest BCUT2D eigenvalue weighted by Gasteiger charge is -2.25. The molecule has 20 heavy (non-hydrogen) atoms. The predicted molar refractivity (Wildman–Crippen MR) is 83.7 cm³/mol. The van der Waals surface area contributed by atoms with Gasteiger partial charge in [0.25, 0.3) is 0 Å². The quantitative estimate of drug-likeness (QED) is 0.817. The summed E-state index contributed by atoms with van der Waals surface area (Å²) < 4.78 is 1.97. The molecule has 0 amide bonds. The van der Waals surface area contributed by atoms with Crippen LogP contribution in [0, 0.1) is 5.41 Å². The van der Waals surface area contributed by atoms with E-state index in [-0.39, 0.29) is 5.41 Å². The fourth-order valence-electron chi connectivity index (χ4n) is 2.67. The van der Waals surface area contributed by atoms with Crippen LogP contribution in [0.2, 0.25) is 0 Å². The SMILES string of the molecule is C=CC(C)(CNC1CC1)Cc1nn(C)c2ccccc12. The zero-order chi connectivity index (χ0) is 14.2. The molecule has 1 aromatic carbocycles. The molecule has 3 rings (SSSR count). The van der Waals surface area contributed by atoms with Crippen LogP contribution < -0.4 is 5.32 Å². The Bertz CT molecular complexity index is 624. The van der Waals surface area contributed by atoms with Crippen LogP contribution in [0.15, 0.2) is 36.9 Å². The summed E-state index contributed by atoms with van der Waals surface area (Å²) >= 11 is 0. The highest BCUT2D eigenvalue weighted by Crippen LogP contribution is 2.29. The fourth-order valence-corrected chi connectivity index (χ4v) is 2.67. The number of para-hydroxylation sites is 1. The summed E-state index contributed by atoms with van der Waals surface area (Å²) in [5.74, 6) is 0. The van der Waals surface area contributed by atoms with Gasteiger partial charge < -0.3 is 5.32 Å². The van der Waals surface area contributed by atoms with Gasteiger partial charge in [0.2, 0.25) is 0 Å². The van der Waals surface area contributed by atoms with Gasteiger partial charge in [0, 0.05) is 36.9 Å². The summed E-state index contributed by atoms with van der Waals surface area (Å²) in [4.78, 5) is 0. The molecule has 1 heterocycles. The molecule has 106 valence electrons. The zero-order valence-electron chi connectivity index (χ0n) is 12.4. The highest BCUT2D eigenvalue weighted by Gasteiger charge is 2.28. The van der Waals surface area contributed by atoms with Crippen molar-refractivity contribution in [1.29, 1.82) is 0 Å². The lowest BCUT2D eigenvalue weighted by Crippen LogP contribution is -2.33. The highest BCUT2D eigenvalue weighted by molar-refractivity contribution is 5.81. The number of fused-ring (bicyclic) bond motifs is 1. The molecule has 0 bridgehead atoms. The molecule has 2 aromatic rings. The molecule has 0 radical (unpaired) electrons. The van der Waals surface area contributed by atoms with Gasteiger partial charge >= 0.3 is 0 Å². The Morgan fingerprint density at radius 1 is 1.45 bits per heavy atom. The van der Waals surface area contributed by atoms with Crippen molar-refractivity contribution in [3.05, 3.63) is 42.6 Å². The Kier molecular flexibility index (Phi) is 3.38.